The molecular formula is C18H22Cl2N4O. The van der Waals surface area contributed by atoms with Crippen LogP contribution in [-0.4, -0.2) is 40.2 Å². The molecule has 0 spiro atoms. The van der Waals surface area contributed by atoms with Gasteiger partial charge in [0, 0.05) is 24.3 Å². The first kappa shape index (κ1) is 18.2. The second-order valence-corrected chi connectivity index (χ2v) is 7.38. The van der Waals surface area contributed by atoms with Crippen LogP contribution in [0.25, 0.3) is 5.69 Å². The third kappa shape index (κ3) is 3.68. The van der Waals surface area contributed by atoms with Crippen LogP contribution >= 0.6 is 23.2 Å². The van der Waals surface area contributed by atoms with E-state index in [-0.39, 0.29) is 5.91 Å². The van der Waals surface area contributed by atoms with Gasteiger partial charge in [-0.15, -0.1) is 0 Å². The summed E-state index contributed by atoms with van der Waals surface area (Å²) in [5.74, 6) is 0.556. The third-order valence-corrected chi connectivity index (χ3v) is 5.63. The fraction of sp³-hybridized carbons (Fsp3) is 0.444. The topological polar surface area (TPSA) is 64.2 Å². The summed E-state index contributed by atoms with van der Waals surface area (Å²) in [6, 6.07) is 5.39. The molecule has 0 radical (unpaired) electrons. The summed E-state index contributed by atoms with van der Waals surface area (Å²) < 4.78 is 1.81. The minimum absolute atomic E-state index is 0.135. The number of carbonyl (C=O) groups excluding carboxylic acids is 1. The van der Waals surface area contributed by atoms with E-state index in [2.05, 4.69) is 5.10 Å². The highest BCUT2D eigenvalue weighted by atomic mass is 35.5. The van der Waals surface area contributed by atoms with Gasteiger partial charge in [-0.2, -0.15) is 5.10 Å². The number of rotatable bonds is 4. The van der Waals surface area contributed by atoms with Crippen molar-refractivity contribution in [2.24, 2.45) is 11.7 Å². The SMILES string of the molecule is Cc1nn(-c2ccc(Cl)c(Cl)c2)c(C)c1CC(=O)N1CC[C@@H](CN)C1. The Labute approximate surface area is 157 Å². The Morgan fingerprint density at radius 3 is 2.72 bits per heavy atom. The standard InChI is InChI=1S/C18H22Cl2N4O/c1-11-15(8-18(25)23-6-5-13(9-21)10-23)12(2)24(22-11)14-3-4-16(19)17(20)7-14/h3-4,7,13H,5-6,8-10,21H2,1-2H3/t13-/m0/s1. The van der Waals surface area contributed by atoms with E-state index in [1.807, 2.05) is 29.5 Å². The van der Waals surface area contributed by atoms with Gasteiger partial charge in [0.15, 0.2) is 0 Å². The van der Waals surface area contributed by atoms with Gasteiger partial charge in [0.25, 0.3) is 0 Å². The van der Waals surface area contributed by atoms with Gasteiger partial charge < -0.3 is 10.6 Å². The fourth-order valence-electron chi connectivity index (χ4n) is 3.31. The molecule has 1 aromatic heterocycles. The Balaban J connectivity index is 1.82. The van der Waals surface area contributed by atoms with Crippen LogP contribution in [0, 0.1) is 19.8 Å². The number of aromatic nitrogens is 2. The molecule has 1 aromatic carbocycles. The molecule has 2 aromatic rings. The van der Waals surface area contributed by atoms with Crippen molar-refractivity contribution in [3.8, 4) is 5.69 Å². The number of hydrogen-bond donors (Lipinski definition) is 1. The molecule has 1 fully saturated rings. The number of benzene rings is 1. The van der Waals surface area contributed by atoms with Gasteiger partial charge in [-0.3, -0.25) is 4.79 Å². The predicted molar refractivity (Wildman–Crippen MR) is 101 cm³/mol. The van der Waals surface area contributed by atoms with E-state index in [1.165, 1.54) is 0 Å². The number of nitrogens with zero attached hydrogens (tertiary/aromatic N) is 3. The van der Waals surface area contributed by atoms with Crippen LogP contribution in [0.15, 0.2) is 18.2 Å². The number of nitrogens with two attached hydrogens (primary N) is 1. The smallest absolute Gasteiger partial charge is 0.227 e. The number of amides is 1. The Bertz CT molecular complexity index is 803. The molecule has 1 saturated heterocycles. The average molecular weight is 381 g/mol. The molecule has 2 N–H and O–H groups in total. The summed E-state index contributed by atoms with van der Waals surface area (Å²) in [4.78, 5) is 14.5. The lowest BCUT2D eigenvalue weighted by Gasteiger charge is -2.16. The average Bonchev–Trinajstić information content (AvgIpc) is 3.17. The van der Waals surface area contributed by atoms with Gasteiger partial charge in [0.2, 0.25) is 5.91 Å². The second-order valence-electron chi connectivity index (χ2n) is 6.57. The minimum atomic E-state index is 0.135. The molecule has 1 aliphatic heterocycles. The van der Waals surface area contributed by atoms with Crippen molar-refractivity contribution in [3.63, 3.8) is 0 Å². The largest absolute Gasteiger partial charge is 0.342 e. The Hall–Kier alpha value is -1.56. The zero-order chi connectivity index (χ0) is 18.1. The molecule has 5 nitrogen and oxygen atoms in total. The Kier molecular flexibility index (Phi) is 5.37. The highest BCUT2D eigenvalue weighted by molar-refractivity contribution is 6.42. The molecule has 1 aliphatic rings. The molecular weight excluding hydrogens is 359 g/mol. The van der Waals surface area contributed by atoms with Crippen molar-refractivity contribution in [2.45, 2.75) is 26.7 Å². The molecule has 0 bridgehead atoms. The number of halogens is 2. The quantitative estimate of drug-likeness (QED) is 0.885. The van der Waals surface area contributed by atoms with Crippen molar-refractivity contribution in [2.75, 3.05) is 19.6 Å². The summed E-state index contributed by atoms with van der Waals surface area (Å²) in [6.07, 6.45) is 1.35. The van der Waals surface area contributed by atoms with Crippen LogP contribution in [0.5, 0.6) is 0 Å². The van der Waals surface area contributed by atoms with E-state index >= 15 is 0 Å². The predicted octanol–water partition coefficient (Wildman–Crippen LogP) is 3.15. The fourth-order valence-corrected chi connectivity index (χ4v) is 3.61. The molecule has 0 aliphatic carbocycles. The van der Waals surface area contributed by atoms with E-state index < -0.39 is 0 Å². The van der Waals surface area contributed by atoms with Crippen LogP contribution < -0.4 is 5.73 Å². The van der Waals surface area contributed by atoms with Crippen LogP contribution in [0.2, 0.25) is 10.0 Å². The Morgan fingerprint density at radius 1 is 1.32 bits per heavy atom. The van der Waals surface area contributed by atoms with Crippen LogP contribution in [-0.2, 0) is 11.2 Å². The molecule has 2 heterocycles. The third-order valence-electron chi connectivity index (χ3n) is 4.89. The number of likely N-dealkylation sites (tertiary alicyclic amines) is 1. The first-order valence-electron chi connectivity index (χ1n) is 8.39. The zero-order valence-electron chi connectivity index (χ0n) is 14.4. The molecule has 134 valence electrons. The van der Waals surface area contributed by atoms with Gasteiger partial charge in [0.05, 0.1) is 27.8 Å². The summed E-state index contributed by atoms with van der Waals surface area (Å²) in [5.41, 5.74) is 9.31. The van der Waals surface area contributed by atoms with Crippen molar-refractivity contribution < 1.29 is 4.79 Å². The normalized spacial score (nSPS) is 17.3. The molecule has 25 heavy (non-hydrogen) atoms. The van der Waals surface area contributed by atoms with Gasteiger partial charge in [-0.25, -0.2) is 4.68 Å². The van der Waals surface area contributed by atoms with E-state index in [0.717, 1.165) is 42.1 Å². The van der Waals surface area contributed by atoms with Crippen LogP contribution in [0.4, 0.5) is 0 Å². The molecule has 7 heteroatoms. The number of hydrogen-bond acceptors (Lipinski definition) is 3. The number of carbonyl (C=O) groups is 1. The molecule has 3 rings (SSSR count). The molecule has 1 atom stereocenters. The molecule has 1 amide bonds. The van der Waals surface area contributed by atoms with E-state index in [0.29, 0.717) is 28.9 Å². The van der Waals surface area contributed by atoms with Gasteiger partial charge in [-0.1, -0.05) is 23.2 Å². The lowest BCUT2D eigenvalue weighted by Crippen LogP contribution is -2.31. The lowest BCUT2D eigenvalue weighted by atomic mass is 10.1. The monoisotopic (exact) mass is 380 g/mol. The van der Waals surface area contributed by atoms with Gasteiger partial charge in [-0.05, 0) is 50.9 Å². The van der Waals surface area contributed by atoms with Crippen molar-refractivity contribution in [1.82, 2.24) is 14.7 Å². The maximum atomic E-state index is 12.6. The van der Waals surface area contributed by atoms with Crippen molar-refractivity contribution in [3.05, 3.63) is 45.2 Å². The summed E-state index contributed by atoms with van der Waals surface area (Å²) >= 11 is 12.1. The summed E-state index contributed by atoms with van der Waals surface area (Å²) in [7, 11) is 0. The Morgan fingerprint density at radius 2 is 2.08 bits per heavy atom. The highest BCUT2D eigenvalue weighted by Gasteiger charge is 2.26. The van der Waals surface area contributed by atoms with Gasteiger partial charge >= 0.3 is 0 Å². The van der Waals surface area contributed by atoms with Gasteiger partial charge in [0.1, 0.15) is 0 Å². The maximum Gasteiger partial charge on any atom is 0.227 e. The molecule has 0 unspecified atom stereocenters. The lowest BCUT2D eigenvalue weighted by molar-refractivity contribution is -0.129. The summed E-state index contributed by atoms with van der Waals surface area (Å²) in [5, 5.41) is 5.57. The first-order chi connectivity index (χ1) is 11.9. The van der Waals surface area contributed by atoms with E-state index in [1.54, 1.807) is 12.1 Å². The van der Waals surface area contributed by atoms with Crippen LogP contribution in [0.1, 0.15) is 23.4 Å². The van der Waals surface area contributed by atoms with Crippen molar-refractivity contribution >= 4 is 29.1 Å². The second kappa shape index (κ2) is 7.36. The maximum absolute atomic E-state index is 12.6. The van der Waals surface area contributed by atoms with Crippen molar-refractivity contribution in [1.29, 1.82) is 0 Å². The van der Waals surface area contributed by atoms with E-state index in [9.17, 15) is 4.79 Å². The zero-order valence-corrected chi connectivity index (χ0v) is 15.9. The summed E-state index contributed by atoms with van der Waals surface area (Å²) in [6.45, 7) is 6.08. The minimum Gasteiger partial charge on any atom is -0.342 e. The number of aryl methyl sites for hydroxylation is 1. The van der Waals surface area contributed by atoms with E-state index in [4.69, 9.17) is 28.9 Å². The highest BCUT2D eigenvalue weighted by Crippen LogP contribution is 2.26. The van der Waals surface area contributed by atoms with Crippen LogP contribution in [0.3, 0.4) is 0 Å². The molecule has 0 saturated carbocycles. The first-order valence-corrected chi connectivity index (χ1v) is 9.14.